The van der Waals surface area contributed by atoms with Crippen molar-refractivity contribution >= 4 is 5.91 Å². The third-order valence-electron chi connectivity index (χ3n) is 4.20. The lowest BCUT2D eigenvalue weighted by atomic mass is 9.85. The second-order valence-corrected chi connectivity index (χ2v) is 5.73. The van der Waals surface area contributed by atoms with E-state index in [9.17, 15) is 4.79 Å². The summed E-state index contributed by atoms with van der Waals surface area (Å²) < 4.78 is 0. The van der Waals surface area contributed by atoms with Crippen LogP contribution in [0.4, 0.5) is 0 Å². The highest BCUT2D eigenvalue weighted by atomic mass is 16.2. The van der Waals surface area contributed by atoms with E-state index in [1.54, 1.807) is 0 Å². The molecule has 4 nitrogen and oxygen atoms in total. The average Bonchev–Trinajstić information content (AvgIpc) is 2.31. The molecule has 3 N–H and O–H groups in total. The Labute approximate surface area is 105 Å². The smallest absolute Gasteiger partial charge is 0.227 e. The van der Waals surface area contributed by atoms with Crippen LogP contribution in [0.3, 0.4) is 0 Å². The van der Waals surface area contributed by atoms with Crippen LogP contribution in [0, 0.1) is 11.3 Å². The van der Waals surface area contributed by atoms with Gasteiger partial charge < -0.3 is 16.0 Å². The molecule has 0 aromatic rings. The van der Waals surface area contributed by atoms with Crippen LogP contribution in [0.1, 0.15) is 33.6 Å². The lowest BCUT2D eigenvalue weighted by molar-refractivity contribution is -0.131. The van der Waals surface area contributed by atoms with Gasteiger partial charge in [-0.1, -0.05) is 13.8 Å². The number of hydrogen-bond acceptors (Lipinski definition) is 3. The number of nitrogens with zero attached hydrogens (tertiary/aromatic N) is 1. The summed E-state index contributed by atoms with van der Waals surface area (Å²) in [6.45, 7) is 8.69. The van der Waals surface area contributed by atoms with E-state index in [0.717, 1.165) is 25.9 Å². The molecule has 100 valence electrons. The number of nitrogens with one attached hydrogen (secondary N) is 1. The zero-order chi connectivity index (χ0) is 13.1. The Morgan fingerprint density at radius 2 is 2.24 bits per heavy atom. The maximum absolute atomic E-state index is 12.2. The van der Waals surface area contributed by atoms with Crippen LogP contribution in [0.5, 0.6) is 0 Å². The zero-order valence-corrected chi connectivity index (χ0v) is 11.6. The van der Waals surface area contributed by atoms with Crippen molar-refractivity contribution in [3.05, 3.63) is 0 Å². The second kappa shape index (κ2) is 5.83. The molecule has 0 aromatic heterocycles. The first-order valence-electron chi connectivity index (χ1n) is 6.62. The fourth-order valence-corrected chi connectivity index (χ4v) is 2.31. The summed E-state index contributed by atoms with van der Waals surface area (Å²) in [5.74, 6) is 0.625. The predicted molar refractivity (Wildman–Crippen MR) is 70.7 cm³/mol. The van der Waals surface area contributed by atoms with Crippen LogP contribution < -0.4 is 11.1 Å². The van der Waals surface area contributed by atoms with Crippen molar-refractivity contribution in [2.45, 2.75) is 39.7 Å². The minimum atomic E-state index is -0.414. The van der Waals surface area contributed by atoms with Gasteiger partial charge in [-0.25, -0.2) is 0 Å². The molecule has 1 amide bonds. The Kier molecular flexibility index (Phi) is 4.95. The summed E-state index contributed by atoms with van der Waals surface area (Å²) in [5.41, 5.74) is 5.30. The molecule has 1 heterocycles. The number of carbonyl (C=O) groups is 1. The van der Waals surface area contributed by atoms with Gasteiger partial charge in [0.25, 0.3) is 0 Å². The minimum Gasteiger partial charge on any atom is -0.352 e. The molecule has 1 fully saturated rings. The minimum absolute atomic E-state index is 0.115. The molecule has 3 atom stereocenters. The Morgan fingerprint density at radius 3 is 2.71 bits per heavy atom. The van der Waals surface area contributed by atoms with Crippen LogP contribution in [-0.4, -0.2) is 43.5 Å². The van der Waals surface area contributed by atoms with E-state index in [1.165, 1.54) is 0 Å². The van der Waals surface area contributed by atoms with Crippen molar-refractivity contribution in [3.8, 4) is 0 Å². The molecule has 4 heteroatoms. The van der Waals surface area contributed by atoms with Crippen LogP contribution in [0.15, 0.2) is 0 Å². The highest BCUT2D eigenvalue weighted by Gasteiger charge is 2.33. The van der Waals surface area contributed by atoms with Crippen LogP contribution in [-0.2, 0) is 4.79 Å². The molecule has 0 radical (unpaired) electrons. The summed E-state index contributed by atoms with van der Waals surface area (Å²) >= 11 is 0. The highest BCUT2D eigenvalue weighted by Crippen LogP contribution is 2.22. The van der Waals surface area contributed by atoms with Gasteiger partial charge >= 0.3 is 0 Å². The van der Waals surface area contributed by atoms with E-state index in [2.05, 4.69) is 24.2 Å². The van der Waals surface area contributed by atoms with E-state index >= 15 is 0 Å². The summed E-state index contributed by atoms with van der Waals surface area (Å²) in [6, 6.07) is 0.302. The van der Waals surface area contributed by atoms with Gasteiger partial charge in [-0.3, -0.25) is 4.79 Å². The van der Waals surface area contributed by atoms with Gasteiger partial charge in [0.2, 0.25) is 5.91 Å². The third-order valence-corrected chi connectivity index (χ3v) is 4.20. The van der Waals surface area contributed by atoms with Gasteiger partial charge in [-0.2, -0.15) is 0 Å². The van der Waals surface area contributed by atoms with Crippen LogP contribution in [0.25, 0.3) is 0 Å². The van der Waals surface area contributed by atoms with Gasteiger partial charge in [-0.05, 0) is 39.3 Å². The Bertz CT molecular complexity index is 263. The number of nitrogens with two attached hydrogens (primary N) is 1. The molecular formula is C13H27N3O. The van der Waals surface area contributed by atoms with E-state index in [4.69, 9.17) is 5.73 Å². The monoisotopic (exact) mass is 241 g/mol. The van der Waals surface area contributed by atoms with Gasteiger partial charge in [0.1, 0.15) is 0 Å². The standard InChI is InChI=1S/C13H27N3O/c1-5-13(3,9-14)12(17)15-11-6-7-16(4)8-10(11)2/h10-11H,5-9,14H2,1-4H3,(H,15,17). The van der Waals surface area contributed by atoms with Crippen molar-refractivity contribution in [3.63, 3.8) is 0 Å². The number of amides is 1. The first-order chi connectivity index (χ1) is 7.92. The van der Waals surface area contributed by atoms with Crippen molar-refractivity contribution in [1.82, 2.24) is 10.2 Å². The molecule has 0 aliphatic carbocycles. The summed E-state index contributed by atoms with van der Waals surface area (Å²) in [5, 5.41) is 3.19. The van der Waals surface area contributed by atoms with Gasteiger partial charge in [0.05, 0.1) is 5.41 Å². The number of carbonyl (C=O) groups excluding carboxylic acids is 1. The molecule has 0 spiro atoms. The SMILES string of the molecule is CCC(C)(CN)C(=O)NC1CCN(C)CC1C. The molecule has 1 rings (SSSR count). The molecule has 1 aliphatic rings. The van der Waals surface area contributed by atoms with Crippen molar-refractivity contribution < 1.29 is 4.79 Å². The van der Waals surface area contributed by atoms with Crippen molar-refractivity contribution in [2.24, 2.45) is 17.1 Å². The summed E-state index contributed by atoms with van der Waals surface area (Å²) in [4.78, 5) is 14.5. The number of piperidine rings is 1. The lowest BCUT2D eigenvalue weighted by Crippen LogP contribution is -2.53. The van der Waals surface area contributed by atoms with E-state index in [1.807, 2.05) is 13.8 Å². The number of likely N-dealkylation sites (tertiary alicyclic amines) is 1. The largest absolute Gasteiger partial charge is 0.352 e. The molecule has 17 heavy (non-hydrogen) atoms. The molecule has 0 aromatic carbocycles. The molecular weight excluding hydrogens is 214 g/mol. The summed E-state index contributed by atoms with van der Waals surface area (Å²) in [7, 11) is 2.13. The van der Waals surface area contributed by atoms with Crippen molar-refractivity contribution in [2.75, 3.05) is 26.7 Å². The van der Waals surface area contributed by atoms with Gasteiger partial charge in [0, 0.05) is 19.1 Å². The maximum atomic E-state index is 12.2. The molecule has 0 bridgehead atoms. The molecule has 0 saturated carbocycles. The Hall–Kier alpha value is -0.610. The predicted octanol–water partition coefficient (Wildman–Crippen LogP) is 0.818. The molecule has 3 unspecified atom stereocenters. The van der Waals surface area contributed by atoms with Gasteiger partial charge in [-0.15, -0.1) is 0 Å². The average molecular weight is 241 g/mol. The quantitative estimate of drug-likeness (QED) is 0.766. The summed E-state index contributed by atoms with van der Waals surface area (Å²) in [6.07, 6.45) is 1.82. The van der Waals surface area contributed by atoms with Crippen molar-refractivity contribution in [1.29, 1.82) is 0 Å². The Morgan fingerprint density at radius 1 is 1.59 bits per heavy atom. The van der Waals surface area contributed by atoms with Crippen LogP contribution in [0.2, 0.25) is 0 Å². The van der Waals surface area contributed by atoms with Crippen LogP contribution >= 0.6 is 0 Å². The van der Waals surface area contributed by atoms with E-state index in [0.29, 0.717) is 18.5 Å². The normalized spacial score (nSPS) is 29.7. The second-order valence-electron chi connectivity index (χ2n) is 5.73. The van der Waals surface area contributed by atoms with Gasteiger partial charge in [0.15, 0.2) is 0 Å². The highest BCUT2D eigenvalue weighted by molar-refractivity contribution is 5.82. The van der Waals surface area contributed by atoms with E-state index in [-0.39, 0.29) is 5.91 Å². The topological polar surface area (TPSA) is 58.4 Å². The third kappa shape index (κ3) is 3.42. The van der Waals surface area contributed by atoms with E-state index < -0.39 is 5.41 Å². The fourth-order valence-electron chi connectivity index (χ4n) is 2.31. The molecule has 1 aliphatic heterocycles. The Balaban J connectivity index is 2.56. The molecule has 1 saturated heterocycles. The fraction of sp³-hybridized carbons (Fsp3) is 0.923. The maximum Gasteiger partial charge on any atom is 0.227 e. The first-order valence-corrected chi connectivity index (χ1v) is 6.62. The lowest BCUT2D eigenvalue weighted by Gasteiger charge is -2.37. The zero-order valence-electron chi connectivity index (χ0n) is 11.6. The number of rotatable bonds is 4. The first kappa shape index (κ1) is 14.5. The number of hydrogen-bond donors (Lipinski definition) is 2.